The summed E-state index contributed by atoms with van der Waals surface area (Å²) in [6.45, 7) is -1.54. The highest BCUT2D eigenvalue weighted by Gasteiger charge is 2.18. The number of anilines is 1. The van der Waals surface area contributed by atoms with Gasteiger partial charge in [-0.25, -0.2) is 18.4 Å². The molecule has 21 heavy (non-hydrogen) atoms. The number of carbonyl (C=O) groups is 2. The highest BCUT2D eigenvalue weighted by atomic mass is 35.5. The summed E-state index contributed by atoms with van der Waals surface area (Å²) in [7, 11) is 0. The van der Waals surface area contributed by atoms with Crippen LogP contribution in [0.3, 0.4) is 0 Å². The van der Waals surface area contributed by atoms with Crippen molar-refractivity contribution in [2.24, 2.45) is 0 Å². The third-order valence-electron chi connectivity index (χ3n) is 2.47. The maximum Gasteiger partial charge on any atom is 0.337 e. The molecule has 0 bridgehead atoms. The first-order chi connectivity index (χ1) is 9.85. The van der Waals surface area contributed by atoms with Gasteiger partial charge < -0.3 is 20.4 Å². The second kappa shape index (κ2) is 7.75. The van der Waals surface area contributed by atoms with E-state index in [4.69, 9.17) is 21.8 Å². The maximum absolute atomic E-state index is 12.3. The number of aromatic carboxylic acids is 1. The van der Waals surface area contributed by atoms with E-state index in [-0.39, 0.29) is 22.8 Å². The first-order valence-corrected chi connectivity index (χ1v) is 6.20. The molecular weight excluding hydrogens is 310 g/mol. The lowest BCUT2D eigenvalue weighted by atomic mass is 10.2. The van der Waals surface area contributed by atoms with E-state index in [1.807, 2.05) is 0 Å². The Labute approximate surface area is 123 Å². The van der Waals surface area contributed by atoms with Crippen LogP contribution in [0.2, 0.25) is 5.02 Å². The van der Waals surface area contributed by atoms with Gasteiger partial charge in [-0.3, -0.25) is 0 Å². The average molecular weight is 323 g/mol. The second-order valence-corrected chi connectivity index (χ2v) is 4.40. The first-order valence-electron chi connectivity index (χ1n) is 5.83. The van der Waals surface area contributed by atoms with E-state index in [0.29, 0.717) is 0 Å². The topological polar surface area (TPSA) is 89.9 Å². The minimum absolute atomic E-state index is 0.0946. The molecule has 0 saturated heterocycles. The van der Waals surface area contributed by atoms with Crippen LogP contribution in [0.1, 0.15) is 10.4 Å². The van der Waals surface area contributed by atoms with Crippen molar-refractivity contribution in [3.8, 4) is 0 Å². The van der Waals surface area contributed by atoms with Crippen LogP contribution in [0, 0.1) is 0 Å². The molecular formula is C12H13ClF2N2O4. The number of carbonyl (C=O) groups excluding carboxylic acids is 1. The van der Waals surface area contributed by atoms with E-state index in [0.717, 1.165) is 4.90 Å². The number of hydrogen-bond acceptors (Lipinski definition) is 3. The lowest BCUT2D eigenvalue weighted by Gasteiger charge is -2.21. The molecule has 0 radical (unpaired) electrons. The minimum atomic E-state index is -2.74. The first kappa shape index (κ1) is 17.1. The average Bonchev–Trinajstić information content (AvgIpc) is 2.37. The summed E-state index contributed by atoms with van der Waals surface area (Å²) in [5, 5.41) is 19.8. The van der Waals surface area contributed by atoms with Gasteiger partial charge in [0.1, 0.15) is 0 Å². The standard InChI is InChI=1S/C12H13ClF2N2O4/c13-9-5-7(1-2-8(9)11(19)20)16-12(21)17(3-4-18)6-10(14)15/h1-2,5,10,18H,3-4,6H2,(H,16,21)(H,19,20). The molecule has 0 fully saturated rings. The van der Waals surface area contributed by atoms with E-state index in [1.165, 1.54) is 18.2 Å². The smallest absolute Gasteiger partial charge is 0.337 e. The molecule has 9 heteroatoms. The number of nitrogens with zero attached hydrogens (tertiary/aromatic N) is 1. The molecule has 0 atom stereocenters. The number of aliphatic hydroxyl groups excluding tert-OH is 1. The number of alkyl halides is 2. The molecule has 1 rings (SSSR count). The van der Waals surface area contributed by atoms with Gasteiger partial charge in [0.25, 0.3) is 6.43 Å². The number of hydrogen-bond donors (Lipinski definition) is 3. The van der Waals surface area contributed by atoms with Crippen molar-refractivity contribution >= 4 is 29.3 Å². The predicted molar refractivity (Wildman–Crippen MR) is 72.1 cm³/mol. The van der Waals surface area contributed by atoms with Crippen LogP contribution in [0.5, 0.6) is 0 Å². The number of amides is 2. The fourth-order valence-corrected chi connectivity index (χ4v) is 1.79. The maximum atomic E-state index is 12.3. The molecule has 116 valence electrons. The number of urea groups is 1. The number of carboxylic acid groups (broad SMARTS) is 1. The van der Waals surface area contributed by atoms with Gasteiger partial charge in [0.15, 0.2) is 0 Å². The SMILES string of the molecule is O=C(O)c1ccc(NC(=O)N(CCO)CC(F)F)cc1Cl. The zero-order valence-electron chi connectivity index (χ0n) is 10.7. The van der Waals surface area contributed by atoms with Crippen LogP contribution in [-0.4, -0.2) is 53.2 Å². The number of aliphatic hydroxyl groups is 1. The minimum Gasteiger partial charge on any atom is -0.478 e. The molecule has 0 saturated carbocycles. The summed E-state index contributed by atoms with van der Waals surface area (Å²) in [6, 6.07) is 2.82. The second-order valence-electron chi connectivity index (χ2n) is 3.99. The van der Waals surface area contributed by atoms with E-state index >= 15 is 0 Å². The molecule has 0 aliphatic heterocycles. The molecule has 3 N–H and O–H groups in total. The summed E-state index contributed by atoms with van der Waals surface area (Å²) < 4.78 is 24.6. The van der Waals surface area contributed by atoms with Crippen molar-refractivity contribution < 1.29 is 28.6 Å². The summed E-state index contributed by atoms with van der Waals surface area (Å²) in [4.78, 5) is 23.3. The van der Waals surface area contributed by atoms with Crippen LogP contribution in [0.25, 0.3) is 0 Å². The van der Waals surface area contributed by atoms with Gasteiger partial charge in [-0.15, -0.1) is 0 Å². The normalized spacial score (nSPS) is 10.5. The highest BCUT2D eigenvalue weighted by Crippen LogP contribution is 2.21. The Hall–Kier alpha value is -1.93. The van der Waals surface area contributed by atoms with Crippen molar-refractivity contribution in [3.63, 3.8) is 0 Å². The van der Waals surface area contributed by atoms with Crippen LogP contribution in [0.15, 0.2) is 18.2 Å². The van der Waals surface area contributed by atoms with Gasteiger partial charge in [-0.1, -0.05) is 11.6 Å². The van der Waals surface area contributed by atoms with Gasteiger partial charge in [-0.05, 0) is 18.2 Å². The van der Waals surface area contributed by atoms with Gasteiger partial charge in [-0.2, -0.15) is 0 Å². The van der Waals surface area contributed by atoms with Crippen molar-refractivity contribution in [2.75, 3.05) is 25.0 Å². The van der Waals surface area contributed by atoms with Gasteiger partial charge in [0.2, 0.25) is 0 Å². The van der Waals surface area contributed by atoms with Crippen LogP contribution in [-0.2, 0) is 0 Å². The Balaban J connectivity index is 2.81. The van der Waals surface area contributed by atoms with Gasteiger partial charge in [0.05, 0.1) is 23.7 Å². The Kier molecular flexibility index (Phi) is 6.32. The number of rotatable bonds is 6. The van der Waals surface area contributed by atoms with Gasteiger partial charge in [0, 0.05) is 12.2 Å². The highest BCUT2D eigenvalue weighted by molar-refractivity contribution is 6.33. The van der Waals surface area contributed by atoms with Crippen molar-refractivity contribution in [3.05, 3.63) is 28.8 Å². The molecule has 6 nitrogen and oxygen atoms in total. The molecule has 0 heterocycles. The van der Waals surface area contributed by atoms with Crippen LogP contribution >= 0.6 is 11.6 Å². The van der Waals surface area contributed by atoms with Crippen molar-refractivity contribution in [2.45, 2.75) is 6.43 Å². The van der Waals surface area contributed by atoms with Crippen molar-refractivity contribution in [1.29, 1.82) is 0 Å². The lowest BCUT2D eigenvalue weighted by Crippen LogP contribution is -2.40. The largest absolute Gasteiger partial charge is 0.478 e. The van der Waals surface area contributed by atoms with E-state index in [1.54, 1.807) is 0 Å². The third kappa shape index (κ3) is 5.16. The zero-order chi connectivity index (χ0) is 16.0. The van der Waals surface area contributed by atoms with Crippen LogP contribution < -0.4 is 5.32 Å². The summed E-state index contributed by atoms with van der Waals surface area (Å²) >= 11 is 5.73. The Bertz CT molecular complexity index is 528. The molecule has 0 aliphatic rings. The number of carboxylic acids is 1. The van der Waals surface area contributed by atoms with E-state index < -0.39 is 31.6 Å². The van der Waals surface area contributed by atoms with E-state index in [9.17, 15) is 18.4 Å². The quantitative estimate of drug-likeness (QED) is 0.748. The number of halogens is 3. The van der Waals surface area contributed by atoms with E-state index in [2.05, 4.69) is 5.32 Å². The lowest BCUT2D eigenvalue weighted by molar-refractivity contribution is 0.0697. The molecule has 1 aromatic rings. The molecule has 2 amide bonds. The summed E-state index contributed by atoms with van der Waals surface area (Å²) in [6.07, 6.45) is -2.74. The number of nitrogens with one attached hydrogen (secondary N) is 1. The molecule has 0 aromatic heterocycles. The Morgan fingerprint density at radius 1 is 1.38 bits per heavy atom. The molecule has 0 aliphatic carbocycles. The Morgan fingerprint density at radius 2 is 2.05 bits per heavy atom. The van der Waals surface area contributed by atoms with Crippen molar-refractivity contribution in [1.82, 2.24) is 4.90 Å². The molecule has 0 spiro atoms. The summed E-state index contributed by atoms with van der Waals surface area (Å²) in [5.41, 5.74) is 0.0154. The fourth-order valence-electron chi connectivity index (χ4n) is 1.53. The third-order valence-corrected chi connectivity index (χ3v) is 2.78. The monoisotopic (exact) mass is 322 g/mol. The summed E-state index contributed by atoms with van der Waals surface area (Å²) in [5.74, 6) is -1.22. The Morgan fingerprint density at radius 3 is 2.52 bits per heavy atom. The fraction of sp³-hybridized carbons (Fsp3) is 0.333. The van der Waals surface area contributed by atoms with Gasteiger partial charge >= 0.3 is 12.0 Å². The predicted octanol–water partition coefficient (Wildman–Crippen LogP) is 2.13. The number of benzene rings is 1. The molecule has 0 unspecified atom stereocenters. The van der Waals surface area contributed by atoms with Crippen LogP contribution in [0.4, 0.5) is 19.3 Å². The molecule has 1 aromatic carbocycles. The zero-order valence-corrected chi connectivity index (χ0v) is 11.5.